The van der Waals surface area contributed by atoms with Crippen LogP contribution in [-0.2, 0) is 14.8 Å². The third-order valence-electron chi connectivity index (χ3n) is 5.47. The highest BCUT2D eigenvalue weighted by Crippen LogP contribution is 2.25. The van der Waals surface area contributed by atoms with Gasteiger partial charge in [0.1, 0.15) is 5.75 Å². The quantitative estimate of drug-likeness (QED) is 0.694. The van der Waals surface area contributed by atoms with Gasteiger partial charge >= 0.3 is 0 Å². The van der Waals surface area contributed by atoms with Crippen LogP contribution in [0.5, 0.6) is 5.75 Å². The summed E-state index contributed by atoms with van der Waals surface area (Å²) in [5.74, 6) is 0.453. The molecule has 7 nitrogen and oxygen atoms in total. The third-order valence-corrected chi connectivity index (χ3v) is 7.38. The molecular formula is C22H29N3O4S. The molecule has 1 N–H and O–H groups in total. The summed E-state index contributed by atoms with van der Waals surface area (Å²) in [6, 6.07) is 16.4. The minimum atomic E-state index is -3.56. The molecular weight excluding hydrogens is 402 g/mol. The molecule has 2 aromatic carbocycles. The lowest BCUT2D eigenvalue weighted by molar-refractivity contribution is -0.126. The van der Waals surface area contributed by atoms with Crippen molar-refractivity contribution in [3.63, 3.8) is 0 Å². The van der Waals surface area contributed by atoms with Gasteiger partial charge in [0.2, 0.25) is 15.9 Å². The molecule has 0 unspecified atom stereocenters. The molecule has 1 fully saturated rings. The van der Waals surface area contributed by atoms with Crippen molar-refractivity contribution in [1.29, 1.82) is 0 Å². The number of nitrogens with zero attached hydrogens (tertiary/aromatic N) is 2. The van der Waals surface area contributed by atoms with Gasteiger partial charge in [-0.05, 0) is 49.2 Å². The molecule has 0 bridgehead atoms. The molecule has 0 aromatic heterocycles. The van der Waals surface area contributed by atoms with Crippen molar-refractivity contribution in [3.8, 4) is 5.75 Å². The molecule has 30 heavy (non-hydrogen) atoms. The Balaban J connectivity index is 1.46. The lowest BCUT2D eigenvalue weighted by Gasteiger charge is -2.30. The Labute approximate surface area is 178 Å². The number of amides is 1. The number of piperidine rings is 1. The molecule has 0 aliphatic carbocycles. The van der Waals surface area contributed by atoms with Gasteiger partial charge in [0.15, 0.2) is 0 Å². The summed E-state index contributed by atoms with van der Waals surface area (Å²) in [6.45, 7) is 1.95. The molecule has 2 aromatic rings. The maximum atomic E-state index is 12.8. The van der Waals surface area contributed by atoms with Gasteiger partial charge in [-0.1, -0.05) is 18.2 Å². The fourth-order valence-electron chi connectivity index (χ4n) is 3.56. The van der Waals surface area contributed by atoms with Gasteiger partial charge in [-0.3, -0.25) is 4.79 Å². The summed E-state index contributed by atoms with van der Waals surface area (Å²) in [4.78, 5) is 14.8. The van der Waals surface area contributed by atoms with Crippen molar-refractivity contribution in [3.05, 3.63) is 54.6 Å². The zero-order chi connectivity index (χ0) is 21.6. The first kappa shape index (κ1) is 22.1. The van der Waals surface area contributed by atoms with Gasteiger partial charge in [-0.2, -0.15) is 4.31 Å². The SMILES string of the molecule is COc1ccc(S(=O)(=O)N2CCC(C(=O)NCCN(C)c3ccccc3)CC2)cc1. The van der Waals surface area contributed by atoms with E-state index in [0.717, 1.165) is 5.69 Å². The molecule has 162 valence electrons. The molecule has 0 radical (unpaired) electrons. The largest absolute Gasteiger partial charge is 0.497 e. The first-order valence-electron chi connectivity index (χ1n) is 10.1. The Bertz CT molecular complexity index is 925. The maximum Gasteiger partial charge on any atom is 0.243 e. The van der Waals surface area contributed by atoms with E-state index >= 15 is 0 Å². The van der Waals surface area contributed by atoms with E-state index in [2.05, 4.69) is 10.2 Å². The third kappa shape index (κ3) is 5.31. The summed E-state index contributed by atoms with van der Waals surface area (Å²) in [5.41, 5.74) is 1.10. The highest BCUT2D eigenvalue weighted by atomic mass is 32.2. The van der Waals surface area contributed by atoms with Crippen molar-refractivity contribution < 1.29 is 17.9 Å². The van der Waals surface area contributed by atoms with Crippen molar-refractivity contribution in [2.24, 2.45) is 5.92 Å². The van der Waals surface area contributed by atoms with Gasteiger partial charge in [0, 0.05) is 44.8 Å². The molecule has 1 aliphatic rings. The highest BCUT2D eigenvalue weighted by Gasteiger charge is 2.32. The van der Waals surface area contributed by atoms with Crippen LogP contribution in [0.1, 0.15) is 12.8 Å². The lowest BCUT2D eigenvalue weighted by Crippen LogP contribution is -2.44. The lowest BCUT2D eigenvalue weighted by atomic mass is 9.97. The molecule has 3 rings (SSSR count). The van der Waals surface area contributed by atoms with E-state index in [4.69, 9.17) is 4.74 Å². The first-order valence-corrected chi connectivity index (χ1v) is 11.5. The first-order chi connectivity index (χ1) is 14.4. The summed E-state index contributed by atoms with van der Waals surface area (Å²) >= 11 is 0. The van der Waals surface area contributed by atoms with E-state index < -0.39 is 10.0 Å². The van der Waals surface area contributed by atoms with Crippen molar-refractivity contribution in [1.82, 2.24) is 9.62 Å². The number of benzene rings is 2. The molecule has 0 spiro atoms. The van der Waals surface area contributed by atoms with Gasteiger partial charge in [-0.15, -0.1) is 0 Å². The Morgan fingerprint density at radius 2 is 1.73 bits per heavy atom. The molecule has 0 saturated carbocycles. The fourth-order valence-corrected chi connectivity index (χ4v) is 5.03. The molecule has 0 atom stereocenters. The smallest absolute Gasteiger partial charge is 0.243 e. The van der Waals surface area contributed by atoms with Gasteiger partial charge in [0.05, 0.1) is 12.0 Å². The molecule has 1 saturated heterocycles. The predicted molar refractivity (Wildman–Crippen MR) is 117 cm³/mol. The number of carbonyl (C=O) groups excluding carboxylic acids is 1. The van der Waals surface area contributed by atoms with E-state index in [1.165, 1.54) is 4.31 Å². The van der Waals surface area contributed by atoms with Crippen LogP contribution >= 0.6 is 0 Å². The van der Waals surface area contributed by atoms with Crippen LogP contribution in [0.25, 0.3) is 0 Å². The number of methoxy groups -OCH3 is 1. The summed E-state index contributed by atoms with van der Waals surface area (Å²) < 4.78 is 32.2. The average Bonchev–Trinajstić information content (AvgIpc) is 2.79. The van der Waals surface area contributed by atoms with Crippen LogP contribution in [0.2, 0.25) is 0 Å². The molecule has 1 heterocycles. The highest BCUT2D eigenvalue weighted by molar-refractivity contribution is 7.89. The Hall–Kier alpha value is -2.58. The van der Waals surface area contributed by atoms with Crippen molar-refractivity contribution in [2.75, 3.05) is 45.2 Å². The second-order valence-electron chi connectivity index (χ2n) is 7.40. The summed E-state index contributed by atoms with van der Waals surface area (Å²) in [6.07, 6.45) is 1.05. The number of hydrogen-bond donors (Lipinski definition) is 1. The van der Waals surface area contributed by atoms with E-state index in [1.807, 2.05) is 37.4 Å². The Morgan fingerprint density at radius 1 is 1.10 bits per heavy atom. The fraction of sp³-hybridized carbons (Fsp3) is 0.409. The second-order valence-corrected chi connectivity index (χ2v) is 9.34. The Kier molecular flexibility index (Phi) is 7.33. The maximum absolute atomic E-state index is 12.8. The molecule has 8 heteroatoms. The number of nitrogens with one attached hydrogen (secondary N) is 1. The minimum absolute atomic E-state index is 0.00189. The number of anilines is 1. The predicted octanol–water partition coefficient (Wildman–Crippen LogP) is 2.35. The van der Waals surface area contributed by atoms with E-state index in [-0.39, 0.29) is 16.7 Å². The number of hydrogen-bond acceptors (Lipinski definition) is 5. The topological polar surface area (TPSA) is 79.0 Å². The standard InChI is InChI=1S/C22H29N3O4S/c1-24(19-6-4-3-5-7-19)17-14-23-22(26)18-12-15-25(16-13-18)30(27,28)21-10-8-20(29-2)9-11-21/h3-11,18H,12-17H2,1-2H3,(H,23,26). The molecule has 1 amide bonds. The minimum Gasteiger partial charge on any atom is -0.497 e. The summed E-state index contributed by atoms with van der Waals surface area (Å²) in [7, 11) is -0.0248. The Morgan fingerprint density at radius 3 is 2.33 bits per heavy atom. The van der Waals surface area contributed by atoms with Gasteiger partial charge < -0.3 is 15.0 Å². The second kappa shape index (κ2) is 9.95. The molecule has 1 aliphatic heterocycles. The normalized spacial score (nSPS) is 15.5. The van der Waals surface area contributed by atoms with E-state index in [0.29, 0.717) is 44.8 Å². The summed E-state index contributed by atoms with van der Waals surface area (Å²) in [5, 5.41) is 2.99. The van der Waals surface area contributed by atoms with Crippen LogP contribution in [0.3, 0.4) is 0 Å². The number of rotatable bonds is 8. The van der Waals surface area contributed by atoms with Crippen LogP contribution < -0.4 is 15.0 Å². The average molecular weight is 432 g/mol. The number of ether oxygens (including phenoxy) is 1. The number of para-hydroxylation sites is 1. The van der Waals surface area contributed by atoms with Crippen molar-refractivity contribution in [2.45, 2.75) is 17.7 Å². The zero-order valence-electron chi connectivity index (χ0n) is 17.5. The van der Waals surface area contributed by atoms with Crippen molar-refractivity contribution >= 4 is 21.6 Å². The van der Waals surface area contributed by atoms with Crippen LogP contribution in [0, 0.1) is 5.92 Å². The number of carbonyl (C=O) groups is 1. The van der Waals surface area contributed by atoms with Crippen LogP contribution in [-0.4, -0.2) is 59.0 Å². The monoisotopic (exact) mass is 431 g/mol. The van der Waals surface area contributed by atoms with Gasteiger partial charge in [0.25, 0.3) is 0 Å². The zero-order valence-corrected chi connectivity index (χ0v) is 18.3. The van der Waals surface area contributed by atoms with Crippen LogP contribution in [0.15, 0.2) is 59.5 Å². The van der Waals surface area contributed by atoms with E-state index in [9.17, 15) is 13.2 Å². The van der Waals surface area contributed by atoms with E-state index in [1.54, 1.807) is 31.4 Å². The van der Waals surface area contributed by atoms with Crippen LogP contribution in [0.4, 0.5) is 5.69 Å². The number of likely N-dealkylation sites (N-methyl/N-ethyl adjacent to an activating group) is 1. The van der Waals surface area contributed by atoms with Gasteiger partial charge in [-0.25, -0.2) is 8.42 Å². The number of sulfonamides is 1.